The lowest BCUT2D eigenvalue weighted by molar-refractivity contribution is 1.24. The highest BCUT2D eigenvalue weighted by Gasteiger charge is 2.00. The Balaban J connectivity index is 2.81. The van der Waals surface area contributed by atoms with Gasteiger partial charge in [0, 0.05) is 17.3 Å². The van der Waals surface area contributed by atoms with Crippen LogP contribution in [-0.2, 0) is 0 Å². The smallest absolute Gasteiger partial charge is 0.220 e. The van der Waals surface area contributed by atoms with Crippen molar-refractivity contribution in [3.05, 3.63) is 23.9 Å². The monoisotopic (exact) mass is 174 g/mol. The maximum absolute atomic E-state index is 5.73. The third-order valence-corrected chi connectivity index (χ3v) is 1.99. The lowest BCUT2D eigenvalue weighted by Gasteiger charge is -2.02. The SMILES string of the molecule is Cc1cc2cnc(N)nc2cc1N. The number of hydrogen-bond donors (Lipinski definition) is 2. The van der Waals surface area contributed by atoms with Gasteiger partial charge >= 0.3 is 0 Å². The Kier molecular flexibility index (Phi) is 1.55. The molecule has 1 heterocycles. The van der Waals surface area contributed by atoms with E-state index >= 15 is 0 Å². The van der Waals surface area contributed by atoms with Gasteiger partial charge in [-0.05, 0) is 24.6 Å². The summed E-state index contributed by atoms with van der Waals surface area (Å²) in [6.07, 6.45) is 1.70. The number of hydrogen-bond acceptors (Lipinski definition) is 4. The molecule has 2 rings (SSSR count). The zero-order valence-electron chi connectivity index (χ0n) is 7.28. The Bertz CT molecular complexity index is 464. The van der Waals surface area contributed by atoms with Crippen LogP contribution >= 0.6 is 0 Å². The Morgan fingerprint density at radius 3 is 2.77 bits per heavy atom. The summed E-state index contributed by atoms with van der Waals surface area (Å²) in [5.41, 5.74) is 13.7. The fraction of sp³-hybridized carbons (Fsp3) is 0.111. The Morgan fingerprint density at radius 1 is 1.23 bits per heavy atom. The van der Waals surface area contributed by atoms with Gasteiger partial charge in [0.15, 0.2) is 0 Å². The predicted octanol–water partition coefficient (Wildman–Crippen LogP) is 1.10. The summed E-state index contributed by atoms with van der Waals surface area (Å²) in [6.45, 7) is 1.95. The van der Waals surface area contributed by atoms with E-state index in [0.29, 0.717) is 0 Å². The molecule has 66 valence electrons. The minimum Gasteiger partial charge on any atom is -0.398 e. The normalized spacial score (nSPS) is 10.5. The molecule has 13 heavy (non-hydrogen) atoms. The highest BCUT2D eigenvalue weighted by molar-refractivity contribution is 5.83. The fourth-order valence-corrected chi connectivity index (χ4v) is 1.22. The third-order valence-electron chi connectivity index (χ3n) is 1.99. The summed E-state index contributed by atoms with van der Waals surface area (Å²) in [5, 5.41) is 0.959. The van der Waals surface area contributed by atoms with Crippen LogP contribution in [0.3, 0.4) is 0 Å². The molecule has 1 aromatic carbocycles. The van der Waals surface area contributed by atoms with Gasteiger partial charge in [-0.3, -0.25) is 0 Å². The van der Waals surface area contributed by atoms with Crippen LogP contribution in [0.4, 0.5) is 11.6 Å². The number of anilines is 2. The molecular formula is C9H10N4. The molecule has 0 unspecified atom stereocenters. The number of fused-ring (bicyclic) bond motifs is 1. The summed E-state index contributed by atoms with van der Waals surface area (Å²) in [5.74, 6) is 0.274. The molecule has 0 saturated heterocycles. The average molecular weight is 174 g/mol. The van der Waals surface area contributed by atoms with Crippen LogP contribution in [0.25, 0.3) is 10.9 Å². The van der Waals surface area contributed by atoms with E-state index in [2.05, 4.69) is 9.97 Å². The highest BCUT2D eigenvalue weighted by atomic mass is 15.0. The minimum absolute atomic E-state index is 0.274. The number of nitrogens with two attached hydrogens (primary N) is 2. The topological polar surface area (TPSA) is 77.8 Å². The van der Waals surface area contributed by atoms with Crippen molar-refractivity contribution in [2.24, 2.45) is 0 Å². The van der Waals surface area contributed by atoms with Crippen LogP contribution in [0, 0.1) is 6.92 Å². The summed E-state index contributed by atoms with van der Waals surface area (Å²) in [4.78, 5) is 7.97. The first-order valence-corrected chi connectivity index (χ1v) is 3.95. The summed E-state index contributed by atoms with van der Waals surface area (Å²) in [6, 6.07) is 3.76. The molecular weight excluding hydrogens is 164 g/mol. The van der Waals surface area contributed by atoms with E-state index < -0.39 is 0 Å². The maximum Gasteiger partial charge on any atom is 0.220 e. The van der Waals surface area contributed by atoms with Crippen molar-refractivity contribution in [3.63, 3.8) is 0 Å². The van der Waals surface area contributed by atoms with Gasteiger partial charge in [0.05, 0.1) is 5.52 Å². The van der Waals surface area contributed by atoms with E-state index in [4.69, 9.17) is 11.5 Å². The standard InChI is InChI=1S/C9H10N4/c1-5-2-6-4-12-9(11)13-8(6)3-7(5)10/h2-4H,10H2,1H3,(H2,11,12,13). The first kappa shape index (κ1) is 7.79. The van der Waals surface area contributed by atoms with Gasteiger partial charge in [0.25, 0.3) is 0 Å². The lowest BCUT2D eigenvalue weighted by Crippen LogP contribution is -1.96. The summed E-state index contributed by atoms with van der Waals surface area (Å²) in [7, 11) is 0. The molecule has 0 fully saturated rings. The van der Waals surface area contributed by atoms with E-state index in [1.54, 1.807) is 6.20 Å². The molecule has 4 heteroatoms. The van der Waals surface area contributed by atoms with E-state index in [0.717, 1.165) is 22.2 Å². The van der Waals surface area contributed by atoms with E-state index in [1.807, 2.05) is 19.1 Å². The fourth-order valence-electron chi connectivity index (χ4n) is 1.22. The molecule has 4 nitrogen and oxygen atoms in total. The number of rotatable bonds is 0. The molecule has 0 spiro atoms. The van der Waals surface area contributed by atoms with Gasteiger partial charge in [-0.1, -0.05) is 0 Å². The van der Waals surface area contributed by atoms with Crippen LogP contribution in [0.1, 0.15) is 5.56 Å². The van der Waals surface area contributed by atoms with Gasteiger partial charge in [-0.25, -0.2) is 9.97 Å². The second kappa shape index (κ2) is 2.58. The Morgan fingerprint density at radius 2 is 2.00 bits per heavy atom. The van der Waals surface area contributed by atoms with Crippen molar-refractivity contribution in [1.29, 1.82) is 0 Å². The molecule has 1 aromatic heterocycles. The predicted molar refractivity (Wildman–Crippen MR) is 53.1 cm³/mol. The number of nitrogen functional groups attached to an aromatic ring is 2. The van der Waals surface area contributed by atoms with E-state index in [-0.39, 0.29) is 5.95 Å². The first-order valence-electron chi connectivity index (χ1n) is 3.95. The van der Waals surface area contributed by atoms with Gasteiger partial charge in [-0.2, -0.15) is 0 Å². The molecule has 0 amide bonds. The van der Waals surface area contributed by atoms with Crippen LogP contribution in [0.5, 0.6) is 0 Å². The zero-order chi connectivity index (χ0) is 9.42. The quantitative estimate of drug-likeness (QED) is 0.586. The molecule has 4 N–H and O–H groups in total. The molecule has 0 atom stereocenters. The molecule has 0 bridgehead atoms. The van der Waals surface area contributed by atoms with Gasteiger partial charge in [-0.15, -0.1) is 0 Å². The lowest BCUT2D eigenvalue weighted by atomic mass is 10.1. The molecule has 2 aromatic rings. The average Bonchev–Trinajstić information content (AvgIpc) is 2.08. The largest absolute Gasteiger partial charge is 0.398 e. The Labute approximate surface area is 75.6 Å². The van der Waals surface area contributed by atoms with Crippen LogP contribution in [0.15, 0.2) is 18.3 Å². The van der Waals surface area contributed by atoms with Crippen LogP contribution < -0.4 is 11.5 Å². The molecule has 0 aliphatic carbocycles. The van der Waals surface area contributed by atoms with Gasteiger partial charge in [0.1, 0.15) is 0 Å². The van der Waals surface area contributed by atoms with Crippen LogP contribution in [0.2, 0.25) is 0 Å². The number of aryl methyl sites for hydroxylation is 1. The molecule has 0 aliphatic heterocycles. The van der Waals surface area contributed by atoms with Gasteiger partial charge < -0.3 is 11.5 Å². The highest BCUT2D eigenvalue weighted by Crippen LogP contribution is 2.19. The summed E-state index contributed by atoms with van der Waals surface area (Å²) >= 11 is 0. The zero-order valence-corrected chi connectivity index (χ0v) is 7.28. The number of benzene rings is 1. The maximum atomic E-state index is 5.73. The molecule has 0 radical (unpaired) electrons. The van der Waals surface area contributed by atoms with Crippen molar-refractivity contribution in [3.8, 4) is 0 Å². The Hall–Kier alpha value is -1.84. The van der Waals surface area contributed by atoms with Crippen molar-refractivity contribution in [2.45, 2.75) is 6.92 Å². The van der Waals surface area contributed by atoms with E-state index in [9.17, 15) is 0 Å². The second-order valence-electron chi connectivity index (χ2n) is 3.00. The minimum atomic E-state index is 0.274. The summed E-state index contributed by atoms with van der Waals surface area (Å²) < 4.78 is 0. The van der Waals surface area contributed by atoms with Crippen molar-refractivity contribution in [1.82, 2.24) is 9.97 Å². The number of aromatic nitrogens is 2. The molecule has 0 aliphatic rings. The van der Waals surface area contributed by atoms with Crippen molar-refractivity contribution >= 4 is 22.5 Å². The number of nitrogens with zero attached hydrogens (tertiary/aromatic N) is 2. The molecule has 0 saturated carbocycles. The van der Waals surface area contributed by atoms with Crippen LogP contribution in [-0.4, -0.2) is 9.97 Å². The second-order valence-corrected chi connectivity index (χ2v) is 3.00. The first-order chi connectivity index (χ1) is 6.16. The third kappa shape index (κ3) is 1.26. The van der Waals surface area contributed by atoms with Gasteiger partial charge in [0.2, 0.25) is 5.95 Å². The van der Waals surface area contributed by atoms with Crippen molar-refractivity contribution < 1.29 is 0 Å². The van der Waals surface area contributed by atoms with Crippen molar-refractivity contribution in [2.75, 3.05) is 11.5 Å². The van der Waals surface area contributed by atoms with E-state index in [1.165, 1.54) is 0 Å².